The van der Waals surface area contributed by atoms with E-state index in [1.165, 1.54) is 5.56 Å². The van der Waals surface area contributed by atoms with Crippen molar-refractivity contribution in [2.75, 3.05) is 6.54 Å². The number of hydrogen-bond donors (Lipinski definition) is 1. The molecule has 1 aromatic heterocycles. The maximum atomic E-state index is 12.9. The number of hydrogen-bond acceptors (Lipinski definition) is 5. The predicted molar refractivity (Wildman–Crippen MR) is 123 cm³/mol. The van der Waals surface area contributed by atoms with Gasteiger partial charge in [-0.15, -0.1) is 5.10 Å². The molecule has 0 radical (unpaired) electrons. The molecule has 1 aliphatic heterocycles. The normalized spacial score (nSPS) is 20.4. The Balaban J connectivity index is 1.56. The number of carbonyl (C=O) groups excluding carboxylic acids is 1. The topological polar surface area (TPSA) is 97.6 Å². The first-order valence-electron chi connectivity index (χ1n) is 11.9. The van der Waals surface area contributed by atoms with Gasteiger partial charge in [-0.1, -0.05) is 23.4 Å². The van der Waals surface area contributed by atoms with E-state index in [1.54, 1.807) is 4.68 Å². The zero-order valence-corrected chi connectivity index (χ0v) is 20.0. The molecule has 8 nitrogen and oxygen atoms in total. The van der Waals surface area contributed by atoms with Crippen LogP contribution >= 0.6 is 0 Å². The van der Waals surface area contributed by atoms with Crippen molar-refractivity contribution in [3.8, 4) is 0 Å². The van der Waals surface area contributed by atoms with Gasteiger partial charge in [0.15, 0.2) is 0 Å². The highest BCUT2D eigenvalue weighted by Crippen LogP contribution is 2.47. The summed E-state index contributed by atoms with van der Waals surface area (Å²) < 4.78 is 7.45. The fourth-order valence-corrected chi connectivity index (χ4v) is 5.16. The first kappa shape index (κ1) is 23.3. The molecular weight excluding hydrogens is 420 g/mol. The Hall–Kier alpha value is -2.90. The molecular formula is C25H34N4O4. The summed E-state index contributed by atoms with van der Waals surface area (Å²) in [6, 6.07) is 6.33. The smallest absolute Gasteiger partial charge is 0.410 e. The molecule has 0 spiro atoms. The molecule has 1 aliphatic carbocycles. The first-order valence-corrected chi connectivity index (χ1v) is 11.9. The zero-order valence-electron chi connectivity index (χ0n) is 20.0. The van der Waals surface area contributed by atoms with Crippen molar-refractivity contribution in [2.45, 2.75) is 83.9 Å². The number of likely N-dealkylation sites (tertiary alicyclic amines) is 1. The van der Waals surface area contributed by atoms with Gasteiger partial charge in [0, 0.05) is 19.3 Å². The molecule has 1 saturated heterocycles. The van der Waals surface area contributed by atoms with Crippen LogP contribution in [-0.2, 0) is 28.9 Å². The third-order valence-corrected chi connectivity index (χ3v) is 6.67. The predicted octanol–water partition coefficient (Wildman–Crippen LogP) is 4.34. The Morgan fingerprint density at radius 3 is 2.76 bits per heavy atom. The minimum atomic E-state index is -0.813. The number of fused-ring (bicyclic) bond motifs is 3. The number of carboxylic acids is 1. The van der Waals surface area contributed by atoms with Crippen molar-refractivity contribution in [1.29, 1.82) is 0 Å². The van der Waals surface area contributed by atoms with Crippen molar-refractivity contribution in [3.05, 3.63) is 46.8 Å². The standard InChI is InChI=1S/C25H34N4O4/c1-5-28-15-20(26-27-28)9-8-17(14-22(30)31)16-6-7-18-12-19-10-11-29(23(19)21(18)13-16)24(32)33-25(2,3)4/h6-7,13,15,17,19,23H,5,8-12,14H2,1-4H3,(H,30,31). The van der Waals surface area contributed by atoms with Crippen LogP contribution in [0.4, 0.5) is 4.79 Å². The Kier molecular flexibility index (Phi) is 6.45. The van der Waals surface area contributed by atoms with Crippen molar-refractivity contribution >= 4 is 12.1 Å². The highest BCUT2D eigenvalue weighted by molar-refractivity contribution is 5.70. The third kappa shape index (κ3) is 5.20. The molecule has 3 atom stereocenters. The number of rotatable bonds is 7. The lowest BCUT2D eigenvalue weighted by Gasteiger charge is -2.29. The van der Waals surface area contributed by atoms with Crippen LogP contribution in [0.1, 0.15) is 81.3 Å². The van der Waals surface area contributed by atoms with E-state index in [4.69, 9.17) is 4.74 Å². The summed E-state index contributed by atoms with van der Waals surface area (Å²) in [5.74, 6) is -0.549. The monoisotopic (exact) mass is 454 g/mol. The van der Waals surface area contributed by atoms with Gasteiger partial charge in [0.1, 0.15) is 5.60 Å². The minimum absolute atomic E-state index is 0.00438. The number of carboxylic acid groups (broad SMARTS) is 1. The molecule has 1 N–H and O–H groups in total. The molecule has 0 bridgehead atoms. The molecule has 8 heteroatoms. The highest BCUT2D eigenvalue weighted by Gasteiger charge is 2.44. The maximum absolute atomic E-state index is 12.9. The van der Waals surface area contributed by atoms with Crippen LogP contribution in [0.25, 0.3) is 0 Å². The lowest BCUT2D eigenvalue weighted by molar-refractivity contribution is -0.137. The quantitative estimate of drug-likeness (QED) is 0.668. The number of aryl methyl sites for hydroxylation is 2. The fraction of sp³-hybridized carbons (Fsp3) is 0.600. The van der Waals surface area contributed by atoms with E-state index in [0.29, 0.717) is 25.3 Å². The Labute approximate surface area is 194 Å². The molecule has 4 rings (SSSR count). The van der Waals surface area contributed by atoms with Gasteiger partial charge in [-0.2, -0.15) is 0 Å². The van der Waals surface area contributed by atoms with E-state index in [1.807, 2.05) is 38.8 Å². The molecule has 3 unspecified atom stereocenters. The molecule has 2 aliphatic rings. The fourth-order valence-electron chi connectivity index (χ4n) is 5.16. The van der Waals surface area contributed by atoms with Crippen LogP contribution < -0.4 is 0 Å². The Bertz CT molecular complexity index is 1030. The van der Waals surface area contributed by atoms with E-state index >= 15 is 0 Å². The Morgan fingerprint density at radius 1 is 1.30 bits per heavy atom. The summed E-state index contributed by atoms with van der Waals surface area (Å²) in [7, 11) is 0. The molecule has 0 saturated carbocycles. The number of nitrogens with zero attached hydrogens (tertiary/aromatic N) is 4. The molecule has 33 heavy (non-hydrogen) atoms. The van der Waals surface area contributed by atoms with Crippen LogP contribution in [0, 0.1) is 5.92 Å². The van der Waals surface area contributed by atoms with Gasteiger partial charge in [0.2, 0.25) is 0 Å². The molecule has 2 aromatic rings. The molecule has 1 aromatic carbocycles. The van der Waals surface area contributed by atoms with E-state index in [-0.39, 0.29) is 24.5 Å². The van der Waals surface area contributed by atoms with Gasteiger partial charge < -0.3 is 14.7 Å². The number of aliphatic carboxylic acids is 1. The van der Waals surface area contributed by atoms with Crippen molar-refractivity contribution in [2.24, 2.45) is 5.92 Å². The maximum Gasteiger partial charge on any atom is 0.410 e. The summed E-state index contributed by atoms with van der Waals surface area (Å²) in [6.07, 6.45) is 4.97. The van der Waals surface area contributed by atoms with Gasteiger partial charge in [0.25, 0.3) is 0 Å². The first-order chi connectivity index (χ1) is 15.6. The van der Waals surface area contributed by atoms with Crippen LogP contribution in [0.2, 0.25) is 0 Å². The number of amides is 1. The molecule has 1 fully saturated rings. The van der Waals surface area contributed by atoms with E-state index in [9.17, 15) is 14.7 Å². The van der Waals surface area contributed by atoms with Gasteiger partial charge >= 0.3 is 12.1 Å². The molecule has 1 amide bonds. The van der Waals surface area contributed by atoms with Gasteiger partial charge in [0.05, 0.1) is 18.2 Å². The summed E-state index contributed by atoms with van der Waals surface area (Å²) in [6.45, 7) is 9.11. The second-order valence-electron chi connectivity index (χ2n) is 10.2. The number of ether oxygens (including phenoxy) is 1. The second kappa shape index (κ2) is 9.15. The SMILES string of the molecule is CCn1cc(CCC(CC(=O)O)c2ccc3c(c2)C2C(CCN2C(=O)OC(C)(C)C)C3)nn1. The van der Waals surface area contributed by atoms with E-state index in [0.717, 1.165) is 36.2 Å². The van der Waals surface area contributed by atoms with Crippen LogP contribution in [0.15, 0.2) is 24.4 Å². The van der Waals surface area contributed by atoms with Crippen molar-refractivity contribution in [3.63, 3.8) is 0 Å². The van der Waals surface area contributed by atoms with Crippen LogP contribution in [0.3, 0.4) is 0 Å². The highest BCUT2D eigenvalue weighted by atomic mass is 16.6. The lowest BCUT2D eigenvalue weighted by Crippen LogP contribution is -2.36. The van der Waals surface area contributed by atoms with Gasteiger partial charge in [-0.05, 0) is 81.9 Å². The van der Waals surface area contributed by atoms with Crippen molar-refractivity contribution < 1.29 is 19.4 Å². The zero-order chi connectivity index (χ0) is 23.8. The largest absolute Gasteiger partial charge is 0.481 e. The van der Waals surface area contributed by atoms with Crippen molar-refractivity contribution in [1.82, 2.24) is 19.9 Å². The average molecular weight is 455 g/mol. The summed E-state index contributed by atoms with van der Waals surface area (Å²) in [5.41, 5.74) is 3.75. The van der Waals surface area contributed by atoms with Gasteiger partial charge in [-0.25, -0.2) is 4.79 Å². The van der Waals surface area contributed by atoms with E-state index in [2.05, 4.69) is 28.5 Å². The summed E-state index contributed by atoms with van der Waals surface area (Å²) >= 11 is 0. The number of aromatic nitrogens is 3. The third-order valence-electron chi connectivity index (χ3n) is 6.67. The van der Waals surface area contributed by atoms with E-state index < -0.39 is 11.6 Å². The summed E-state index contributed by atoms with van der Waals surface area (Å²) in [5, 5.41) is 17.8. The number of benzene rings is 1. The minimum Gasteiger partial charge on any atom is -0.481 e. The number of carbonyl (C=O) groups is 2. The van der Waals surface area contributed by atoms with Crippen LogP contribution in [-0.4, -0.2) is 49.2 Å². The van der Waals surface area contributed by atoms with Crippen LogP contribution in [0.5, 0.6) is 0 Å². The summed E-state index contributed by atoms with van der Waals surface area (Å²) in [4.78, 5) is 26.4. The second-order valence-corrected chi connectivity index (χ2v) is 10.2. The lowest BCUT2D eigenvalue weighted by atomic mass is 9.88. The molecule has 2 heterocycles. The Morgan fingerprint density at radius 2 is 2.09 bits per heavy atom. The average Bonchev–Trinajstić information content (AvgIpc) is 3.44. The molecule has 178 valence electrons. The van der Waals surface area contributed by atoms with Gasteiger partial charge in [-0.3, -0.25) is 9.48 Å².